The molecule has 0 fully saturated rings. The number of rotatable bonds is 6. The van der Waals surface area contributed by atoms with Crippen LogP contribution in [0.1, 0.15) is 15.9 Å². The molecule has 2 aromatic carbocycles. The van der Waals surface area contributed by atoms with Gasteiger partial charge in [-0.3, -0.25) is 24.6 Å². The Morgan fingerprint density at radius 2 is 1.77 bits per heavy atom. The molecule has 0 radical (unpaired) electrons. The van der Waals surface area contributed by atoms with Crippen LogP contribution >= 0.6 is 11.3 Å². The number of sulfonamides is 1. The molecule has 35 heavy (non-hydrogen) atoms. The minimum absolute atomic E-state index is 0.0181. The first kappa shape index (κ1) is 22.7. The van der Waals surface area contributed by atoms with Gasteiger partial charge < -0.3 is 4.90 Å². The molecule has 3 heterocycles. The van der Waals surface area contributed by atoms with Gasteiger partial charge in [0.05, 0.1) is 16.8 Å². The van der Waals surface area contributed by atoms with Crippen molar-refractivity contribution in [2.75, 3.05) is 11.8 Å². The number of hydrogen-bond acceptors (Lipinski definition) is 7. The van der Waals surface area contributed by atoms with E-state index in [1.165, 1.54) is 35.7 Å². The molecule has 1 amide bonds. The number of para-hydroxylation sites is 1. The Morgan fingerprint density at radius 3 is 2.54 bits per heavy atom. The van der Waals surface area contributed by atoms with E-state index in [9.17, 15) is 23.3 Å². The lowest BCUT2D eigenvalue weighted by molar-refractivity contribution is -0.387. The maximum Gasteiger partial charge on any atom is 0.289 e. The van der Waals surface area contributed by atoms with E-state index in [-0.39, 0.29) is 11.6 Å². The zero-order valence-corrected chi connectivity index (χ0v) is 20.0. The SMILES string of the molecule is CN1Cc2cc(-c3ccc(-c4cncc(NS(=O)(=O)c5ccccc5[N+](=O)[O-])c4)s3)ccc2C1=O. The van der Waals surface area contributed by atoms with Gasteiger partial charge in [-0.25, -0.2) is 8.42 Å². The normalized spacial score (nSPS) is 13.1. The molecule has 0 spiro atoms. The van der Waals surface area contributed by atoms with Crippen molar-refractivity contribution < 1.29 is 18.1 Å². The number of hydrogen-bond donors (Lipinski definition) is 1. The van der Waals surface area contributed by atoms with Crippen LogP contribution in [-0.2, 0) is 16.6 Å². The number of nitro benzene ring substituents is 1. The van der Waals surface area contributed by atoms with Crippen LogP contribution in [0.25, 0.3) is 20.9 Å². The highest BCUT2D eigenvalue weighted by molar-refractivity contribution is 7.92. The topological polar surface area (TPSA) is 123 Å². The van der Waals surface area contributed by atoms with Gasteiger partial charge in [0, 0.05) is 46.7 Å². The van der Waals surface area contributed by atoms with Crippen molar-refractivity contribution in [2.24, 2.45) is 0 Å². The van der Waals surface area contributed by atoms with Crippen LogP contribution in [0.15, 0.2) is 78.0 Å². The summed E-state index contributed by atoms with van der Waals surface area (Å²) < 4.78 is 28.1. The summed E-state index contributed by atoms with van der Waals surface area (Å²) in [5.74, 6) is 0.0181. The molecule has 0 saturated carbocycles. The number of thiophene rings is 1. The predicted octanol–water partition coefficient (Wildman–Crippen LogP) is 4.77. The first-order valence-corrected chi connectivity index (χ1v) is 12.7. The number of benzene rings is 2. The summed E-state index contributed by atoms with van der Waals surface area (Å²) in [5.41, 5.74) is 3.07. The van der Waals surface area contributed by atoms with Crippen LogP contribution in [0.4, 0.5) is 11.4 Å². The number of anilines is 1. The largest absolute Gasteiger partial charge is 0.337 e. The van der Waals surface area contributed by atoms with Gasteiger partial charge in [-0.1, -0.05) is 18.2 Å². The summed E-state index contributed by atoms with van der Waals surface area (Å²) in [6, 6.07) is 16.5. The summed E-state index contributed by atoms with van der Waals surface area (Å²) in [6.07, 6.45) is 2.97. The summed E-state index contributed by atoms with van der Waals surface area (Å²) in [5, 5.41) is 11.3. The summed E-state index contributed by atoms with van der Waals surface area (Å²) in [4.78, 5) is 29.9. The molecule has 0 bridgehead atoms. The number of nitro groups is 1. The van der Waals surface area contributed by atoms with Crippen molar-refractivity contribution in [1.82, 2.24) is 9.88 Å². The smallest absolute Gasteiger partial charge is 0.289 e. The lowest BCUT2D eigenvalue weighted by Gasteiger charge is -2.09. The zero-order valence-electron chi connectivity index (χ0n) is 18.3. The number of nitrogens with zero attached hydrogens (tertiary/aromatic N) is 3. The maximum absolute atomic E-state index is 12.8. The first-order valence-electron chi connectivity index (χ1n) is 10.4. The van der Waals surface area contributed by atoms with Crippen molar-refractivity contribution >= 4 is 38.6 Å². The molecule has 11 heteroatoms. The minimum Gasteiger partial charge on any atom is -0.337 e. The lowest BCUT2D eigenvalue weighted by atomic mass is 10.1. The quantitative estimate of drug-likeness (QED) is 0.297. The van der Waals surface area contributed by atoms with E-state index in [1.807, 2.05) is 30.3 Å². The molecule has 9 nitrogen and oxygen atoms in total. The molecule has 1 aliphatic rings. The van der Waals surface area contributed by atoms with E-state index in [0.717, 1.165) is 32.5 Å². The number of carbonyl (C=O) groups is 1. The average molecular weight is 507 g/mol. The lowest BCUT2D eigenvalue weighted by Crippen LogP contribution is -2.17. The number of fused-ring (bicyclic) bond motifs is 1. The predicted molar refractivity (Wildman–Crippen MR) is 133 cm³/mol. The van der Waals surface area contributed by atoms with Gasteiger partial charge in [0.15, 0.2) is 4.90 Å². The van der Waals surface area contributed by atoms with Crippen LogP contribution in [0.3, 0.4) is 0 Å². The summed E-state index contributed by atoms with van der Waals surface area (Å²) in [6.45, 7) is 0.575. The van der Waals surface area contributed by atoms with E-state index in [4.69, 9.17) is 0 Å². The second-order valence-electron chi connectivity index (χ2n) is 7.99. The zero-order chi connectivity index (χ0) is 24.7. The molecular weight excluding hydrogens is 488 g/mol. The number of amides is 1. The number of pyridine rings is 1. The van der Waals surface area contributed by atoms with Crippen molar-refractivity contribution in [2.45, 2.75) is 11.4 Å². The molecule has 1 N–H and O–H groups in total. The van der Waals surface area contributed by atoms with Gasteiger partial charge >= 0.3 is 0 Å². The van der Waals surface area contributed by atoms with E-state index in [2.05, 4.69) is 9.71 Å². The fourth-order valence-electron chi connectivity index (χ4n) is 3.94. The minimum atomic E-state index is -4.20. The Morgan fingerprint density at radius 1 is 1.03 bits per heavy atom. The molecule has 0 atom stereocenters. The molecule has 0 aliphatic carbocycles. The molecule has 2 aromatic heterocycles. The third-order valence-electron chi connectivity index (χ3n) is 5.61. The van der Waals surface area contributed by atoms with E-state index in [1.54, 1.807) is 24.2 Å². The highest BCUT2D eigenvalue weighted by Crippen LogP contribution is 2.37. The summed E-state index contributed by atoms with van der Waals surface area (Å²) in [7, 11) is -2.43. The highest BCUT2D eigenvalue weighted by Gasteiger charge is 2.26. The molecule has 4 aromatic rings. The second kappa shape index (κ2) is 8.60. The van der Waals surface area contributed by atoms with Gasteiger partial charge in [-0.2, -0.15) is 0 Å². The Labute approximate surface area is 204 Å². The Balaban J connectivity index is 1.42. The van der Waals surface area contributed by atoms with E-state index in [0.29, 0.717) is 12.1 Å². The Kier molecular flexibility index (Phi) is 5.58. The Bertz CT molecular complexity index is 1600. The van der Waals surface area contributed by atoms with Crippen LogP contribution in [0.5, 0.6) is 0 Å². The molecule has 0 saturated heterocycles. The third kappa shape index (κ3) is 4.27. The average Bonchev–Trinajstić information content (AvgIpc) is 3.44. The molecular formula is C24H18N4O5S2. The van der Waals surface area contributed by atoms with Gasteiger partial charge in [-0.05, 0) is 47.5 Å². The highest BCUT2D eigenvalue weighted by atomic mass is 32.2. The number of carbonyl (C=O) groups excluding carboxylic acids is 1. The molecule has 176 valence electrons. The van der Waals surface area contributed by atoms with Crippen LogP contribution in [0.2, 0.25) is 0 Å². The van der Waals surface area contributed by atoms with Gasteiger partial charge in [-0.15, -0.1) is 11.3 Å². The van der Waals surface area contributed by atoms with E-state index < -0.39 is 25.5 Å². The van der Waals surface area contributed by atoms with Gasteiger partial charge in [0.2, 0.25) is 0 Å². The van der Waals surface area contributed by atoms with Crippen molar-refractivity contribution in [3.8, 4) is 20.9 Å². The standard InChI is InChI=1S/C24H18N4O5S2/c1-27-14-17-10-15(6-7-19(17)24(27)29)21-8-9-22(34-21)16-11-18(13-25-12-16)26-35(32,33)23-5-3-2-4-20(23)28(30)31/h2-13,26H,14H2,1H3. The van der Waals surface area contributed by atoms with Gasteiger partial charge in [0.1, 0.15) is 0 Å². The molecule has 0 unspecified atom stereocenters. The third-order valence-corrected chi connectivity index (χ3v) is 8.22. The molecule has 5 rings (SSSR count). The first-order chi connectivity index (χ1) is 16.7. The number of aromatic nitrogens is 1. The molecule has 1 aliphatic heterocycles. The van der Waals surface area contributed by atoms with E-state index >= 15 is 0 Å². The monoisotopic (exact) mass is 506 g/mol. The maximum atomic E-state index is 12.8. The van der Waals surface area contributed by atoms with Crippen molar-refractivity contribution in [3.63, 3.8) is 0 Å². The van der Waals surface area contributed by atoms with Crippen LogP contribution in [0, 0.1) is 10.1 Å². The summed E-state index contributed by atoms with van der Waals surface area (Å²) >= 11 is 1.51. The van der Waals surface area contributed by atoms with Crippen LogP contribution in [-0.4, -0.2) is 36.2 Å². The van der Waals surface area contributed by atoms with Crippen molar-refractivity contribution in [1.29, 1.82) is 0 Å². The fraction of sp³-hybridized carbons (Fsp3) is 0.0833. The van der Waals surface area contributed by atoms with Crippen molar-refractivity contribution in [3.05, 3.63) is 94.3 Å². The number of nitrogens with one attached hydrogen (secondary N) is 1. The van der Waals surface area contributed by atoms with Crippen LogP contribution < -0.4 is 4.72 Å². The Hall–Kier alpha value is -4.09. The second-order valence-corrected chi connectivity index (χ2v) is 10.7. The fourth-order valence-corrected chi connectivity index (χ4v) is 6.13. The van der Waals surface area contributed by atoms with Gasteiger partial charge in [0.25, 0.3) is 21.6 Å².